The van der Waals surface area contributed by atoms with Crippen molar-refractivity contribution in [1.82, 2.24) is 15.6 Å². The number of aromatic nitrogens is 1. The summed E-state index contributed by atoms with van der Waals surface area (Å²) in [6, 6.07) is 3.54. The van der Waals surface area contributed by atoms with E-state index in [1.165, 1.54) is 0 Å². The van der Waals surface area contributed by atoms with Gasteiger partial charge in [0.2, 0.25) is 11.8 Å². The van der Waals surface area contributed by atoms with Gasteiger partial charge in [0.15, 0.2) is 0 Å². The summed E-state index contributed by atoms with van der Waals surface area (Å²) in [4.78, 5) is 18.0. The Balaban J connectivity index is 2.24. The topological polar surface area (TPSA) is 66.5 Å². The minimum Gasteiger partial charge on any atom is -0.481 e. The maximum atomic E-state index is 11.9. The zero-order chi connectivity index (χ0) is 13.0. The second-order valence-electron chi connectivity index (χ2n) is 4.08. The molecule has 1 aromatic heterocycles. The Kier molecular flexibility index (Phi) is 3.99. The van der Waals surface area contributed by atoms with Crippen LogP contribution in [0.4, 0.5) is 5.69 Å². The summed E-state index contributed by atoms with van der Waals surface area (Å²) in [6.07, 6.45) is 1.69. The van der Waals surface area contributed by atoms with E-state index in [0.717, 1.165) is 18.8 Å². The molecule has 1 amide bonds. The molecule has 0 bridgehead atoms. The van der Waals surface area contributed by atoms with E-state index in [2.05, 4.69) is 20.5 Å². The Morgan fingerprint density at radius 3 is 3.22 bits per heavy atom. The van der Waals surface area contributed by atoms with Crippen LogP contribution < -0.4 is 20.3 Å². The Morgan fingerprint density at radius 1 is 1.67 bits per heavy atom. The number of hydrogen-bond donors (Lipinski definition) is 2. The van der Waals surface area contributed by atoms with Gasteiger partial charge in [0.1, 0.15) is 6.04 Å². The van der Waals surface area contributed by atoms with Crippen LogP contribution in [0.1, 0.15) is 0 Å². The second-order valence-corrected chi connectivity index (χ2v) is 4.08. The number of nitrogens with one attached hydrogen (secondary N) is 2. The van der Waals surface area contributed by atoms with E-state index in [1.807, 2.05) is 12.1 Å². The quantitative estimate of drug-likeness (QED) is 0.765. The van der Waals surface area contributed by atoms with Gasteiger partial charge in [-0.15, -0.1) is 0 Å². The summed E-state index contributed by atoms with van der Waals surface area (Å²) in [5.41, 5.74) is 0.956. The lowest BCUT2D eigenvalue weighted by atomic mass is 10.1. The summed E-state index contributed by atoms with van der Waals surface area (Å²) in [5, 5.41) is 5.92. The molecule has 6 heteroatoms. The fraction of sp³-hybridized carbons (Fsp3) is 0.500. The number of rotatable bonds is 3. The molecular weight excluding hydrogens is 232 g/mol. The Bertz CT molecular complexity index is 424. The van der Waals surface area contributed by atoms with Crippen molar-refractivity contribution in [1.29, 1.82) is 0 Å². The van der Waals surface area contributed by atoms with Crippen molar-refractivity contribution in [2.45, 2.75) is 6.04 Å². The molecule has 2 N–H and O–H groups in total. The highest BCUT2D eigenvalue weighted by Crippen LogP contribution is 2.21. The van der Waals surface area contributed by atoms with E-state index in [1.54, 1.807) is 20.4 Å². The highest BCUT2D eigenvalue weighted by atomic mass is 16.5. The predicted octanol–water partition coefficient (Wildman–Crippen LogP) is -0.386. The Labute approximate surface area is 106 Å². The fourth-order valence-corrected chi connectivity index (χ4v) is 2.10. The van der Waals surface area contributed by atoms with Crippen LogP contribution >= 0.6 is 0 Å². The van der Waals surface area contributed by atoms with Crippen LogP contribution in [0.25, 0.3) is 0 Å². The van der Waals surface area contributed by atoms with Gasteiger partial charge in [-0.3, -0.25) is 4.79 Å². The first-order valence-electron chi connectivity index (χ1n) is 5.95. The first-order chi connectivity index (χ1) is 8.76. The molecule has 1 fully saturated rings. The molecule has 6 nitrogen and oxygen atoms in total. The van der Waals surface area contributed by atoms with Crippen LogP contribution in [0.3, 0.4) is 0 Å². The van der Waals surface area contributed by atoms with Crippen LogP contribution in [0.5, 0.6) is 5.88 Å². The van der Waals surface area contributed by atoms with Crippen molar-refractivity contribution in [2.75, 3.05) is 38.7 Å². The lowest BCUT2D eigenvalue weighted by molar-refractivity contribution is -0.122. The lowest BCUT2D eigenvalue weighted by Gasteiger charge is -2.36. The van der Waals surface area contributed by atoms with Crippen molar-refractivity contribution in [3.63, 3.8) is 0 Å². The van der Waals surface area contributed by atoms with Crippen LogP contribution in [-0.2, 0) is 4.79 Å². The van der Waals surface area contributed by atoms with Gasteiger partial charge >= 0.3 is 0 Å². The van der Waals surface area contributed by atoms with Crippen LogP contribution in [0.2, 0.25) is 0 Å². The summed E-state index contributed by atoms with van der Waals surface area (Å²) in [6.45, 7) is 2.29. The molecule has 98 valence electrons. The van der Waals surface area contributed by atoms with E-state index in [9.17, 15) is 4.79 Å². The molecule has 1 aliphatic heterocycles. The number of piperazine rings is 1. The Morgan fingerprint density at radius 2 is 2.50 bits per heavy atom. The molecule has 1 atom stereocenters. The molecule has 0 aromatic carbocycles. The third kappa shape index (κ3) is 2.53. The first kappa shape index (κ1) is 12.6. The van der Waals surface area contributed by atoms with E-state index in [0.29, 0.717) is 12.4 Å². The summed E-state index contributed by atoms with van der Waals surface area (Å²) in [7, 11) is 3.24. The van der Waals surface area contributed by atoms with Gasteiger partial charge in [0, 0.05) is 44.6 Å². The zero-order valence-electron chi connectivity index (χ0n) is 10.6. The number of ether oxygens (including phenoxy) is 1. The van der Waals surface area contributed by atoms with Crippen LogP contribution in [-0.4, -0.2) is 50.7 Å². The number of likely N-dealkylation sites (N-methyl/N-ethyl adjacent to an activating group) is 1. The van der Waals surface area contributed by atoms with E-state index in [-0.39, 0.29) is 11.9 Å². The highest BCUT2D eigenvalue weighted by molar-refractivity contribution is 5.85. The van der Waals surface area contributed by atoms with Gasteiger partial charge in [0.25, 0.3) is 0 Å². The molecule has 18 heavy (non-hydrogen) atoms. The van der Waals surface area contributed by atoms with Gasteiger partial charge < -0.3 is 20.3 Å². The molecule has 0 radical (unpaired) electrons. The molecular formula is C12H18N4O2. The van der Waals surface area contributed by atoms with Crippen molar-refractivity contribution < 1.29 is 9.53 Å². The molecule has 0 spiro atoms. The summed E-state index contributed by atoms with van der Waals surface area (Å²) in [5.74, 6) is 0.569. The predicted molar refractivity (Wildman–Crippen MR) is 68.9 cm³/mol. The third-order valence-corrected chi connectivity index (χ3v) is 3.05. The SMILES string of the molecule is CNC(=O)C1CNCCN1c1ccnc(OC)c1. The number of hydrogen-bond acceptors (Lipinski definition) is 5. The minimum atomic E-state index is -0.198. The number of carbonyl (C=O) groups excluding carboxylic acids is 1. The minimum absolute atomic E-state index is 0.0120. The van der Waals surface area contributed by atoms with Gasteiger partial charge in [0.05, 0.1) is 7.11 Å². The van der Waals surface area contributed by atoms with E-state index < -0.39 is 0 Å². The first-order valence-corrected chi connectivity index (χ1v) is 5.95. The number of methoxy groups -OCH3 is 1. The number of carbonyl (C=O) groups is 1. The van der Waals surface area contributed by atoms with Gasteiger partial charge in [-0.05, 0) is 6.07 Å². The number of pyridine rings is 1. The van der Waals surface area contributed by atoms with Crippen molar-refractivity contribution >= 4 is 11.6 Å². The molecule has 0 saturated carbocycles. The maximum Gasteiger partial charge on any atom is 0.243 e. The van der Waals surface area contributed by atoms with Crippen LogP contribution in [0, 0.1) is 0 Å². The molecule has 0 aliphatic carbocycles. The standard InChI is InChI=1S/C12H18N4O2/c1-13-12(17)10-8-14-5-6-16(10)9-3-4-15-11(7-9)18-2/h3-4,7,10,14H,5-6,8H2,1-2H3,(H,13,17). The zero-order valence-corrected chi connectivity index (χ0v) is 10.6. The van der Waals surface area contributed by atoms with Crippen LogP contribution in [0.15, 0.2) is 18.3 Å². The number of anilines is 1. The Hall–Kier alpha value is -1.82. The summed E-state index contributed by atoms with van der Waals surface area (Å²) < 4.78 is 5.11. The summed E-state index contributed by atoms with van der Waals surface area (Å²) >= 11 is 0. The van der Waals surface area contributed by atoms with Gasteiger partial charge in [-0.2, -0.15) is 0 Å². The maximum absolute atomic E-state index is 11.9. The van der Waals surface area contributed by atoms with Gasteiger partial charge in [-0.1, -0.05) is 0 Å². The van der Waals surface area contributed by atoms with Crippen molar-refractivity contribution in [3.05, 3.63) is 18.3 Å². The third-order valence-electron chi connectivity index (χ3n) is 3.05. The van der Waals surface area contributed by atoms with Crippen molar-refractivity contribution in [3.8, 4) is 5.88 Å². The molecule has 1 aliphatic rings. The largest absolute Gasteiger partial charge is 0.481 e. The second kappa shape index (κ2) is 5.68. The fourth-order valence-electron chi connectivity index (χ4n) is 2.10. The van der Waals surface area contributed by atoms with Gasteiger partial charge in [-0.25, -0.2) is 4.98 Å². The molecule has 2 heterocycles. The average molecular weight is 250 g/mol. The smallest absolute Gasteiger partial charge is 0.243 e. The monoisotopic (exact) mass is 250 g/mol. The lowest BCUT2D eigenvalue weighted by Crippen LogP contribution is -2.57. The highest BCUT2D eigenvalue weighted by Gasteiger charge is 2.28. The van der Waals surface area contributed by atoms with Crippen molar-refractivity contribution in [2.24, 2.45) is 0 Å². The molecule has 1 saturated heterocycles. The van der Waals surface area contributed by atoms with E-state index in [4.69, 9.17) is 4.74 Å². The normalized spacial score (nSPS) is 19.4. The number of nitrogens with zero attached hydrogens (tertiary/aromatic N) is 2. The molecule has 1 unspecified atom stereocenters. The molecule has 1 aromatic rings. The molecule has 2 rings (SSSR count). The van der Waals surface area contributed by atoms with E-state index >= 15 is 0 Å². The number of amides is 1. The average Bonchev–Trinajstić information content (AvgIpc) is 2.46.